The minimum Gasteiger partial charge on any atom is -0.484 e. The molecule has 1 heterocycles. The molecule has 0 aromatic heterocycles. The van der Waals surface area contributed by atoms with Gasteiger partial charge in [0.05, 0.1) is 19.3 Å². The third-order valence-electron chi connectivity index (χ3n) is 5.88. The normalized spacial score (nSPS) is 15.8. The number of hydrogen-bond donors (Lipinski definition) is 1. The zero-order valence-electron chi connectivity index (χ0n) is 19.3. The number of nitrogens with zero attached hydrogens (tertiary/aromatic N) is 1. The van der Waals surface area contributed by atoms with Crippen molar-refractivity contribution < 1.29 is 14.3 Å². The summed E-state index contributed by atoms with van der Waals surface area (Å²) in [4.78, 5) is 14.9. The smallest absolute Gasteiger partial charge is 0.258 e. The highest BCUT2D eigenvalue weighted by Gasteiger charge is 2.23. The molecule has 1 saturated heterocycles. The van der Waals surface area contributed by atoms with Crippen LogP contribution >= 0.6 is 0 Å². The van der Waals surface area contributed by atoms with Crippen LogP contribution in [0.25, 0.3) is 0 Å². The second-order valence-electron chi connectivity index (χ2n) is 8.80. The van der Waals surface area contributed by atoms with Gasteiger partial charge in [-0.1, -0.05) is 64.1 Å². The summed E-state index contributed by atoms with van der Waals surface area (Å²) in [6, 6.07) is 16.8. The zero-order valence-corrected chi connectivity index (χ0v) is 19.3. The second-order valence-corrected chi connectivity index (χ2v) is 8.80. The van der Waals surface area contributed by atoms with Crippen molar-refractivity contribution in [2.45, 2.75) is 45.6 Å². The molecule has 0 bridgehead atoms. The average molecular weight is 425 g/mol. The van der Waals surface area contributed by atoms with Crippen LogP contribution in [-0.2, 0) is 9.53 Å². The molecule has 1 N–H and O–H groups in total. The van der Waals surface area contributed by atoms with E-state index in [1.54, 1.807) is 0 Å². The van der Waals surface area contributed by atoms with Crippen LogP contribution in [0.3, 0.4) is 0 Å². The van der Waals surface area contributed by atoms with Gasteiger partial charge in [-0.15, -0.1) is 0 Å². The molecule has 0 aliphatic carbocycles. The highest BCUT2D eigenvalue weighted by atomic mass is 16.5. The first kappa shape index (κ1) is 23.3. The van der Waals surface area contributed by atoms with Crippen molar-refractivity contribution in [3.05, 3.63) is 65.2 Å². The van der Waals surface area contributed by atoms with E-state index in [1.807, 2.05) is 24.3 Å². The Morgan fingerprint density at radius 1 is 0.903 bits per heavy atom. The van der Waals surface area contributed by atoms with E-state index in [2.05, 4.69) is 62.2 Å². The van der Waals surface area contributed by atoms with Crippen LogP contribution in [0.2, 0.25) is 0 Å². The summed E-state index contributed by atoms with van der Waals surface area (Å²) in [6.07, 6.45) is 0. The molecule has 168 valence electrons. The van der Waals surface area contributed by atoms with Gasteiger partial charge < -0.3 is 14.8 Å². The van der Waals surface area contributed by atoms with E-state index >= 15 is 0 Å². The van der Waals surface area contributed by atoms with Crippen LogP contribution in [-0.4, -0.2) is 50.3 Å². The molecule has 1 amide bonds. The molecule has 1 aliphatic heterocycles. The van der Waals surface area contributed by atoms with Crippen molar-refractivity contribution in [2.24, 2.45) is 0 Å². The van der Waals surface area contributed by atoms with Gasteiger partial charge in [-0.25, -0.2) is 0 Å². The topological polar surface area (TPSA) is 50.8 Å². The number of carbonyl (C=O) groups is 1. The first-order valence-electron chi connectivity index (χ1n) is 11.3. The van der Waals surface area contributed by atoms with Crippen LogP contribution < -0.4 is 10.1 Å². The van der Waals surface area contributed by atoms with Crippen molar-refractivity contribution in [1.29, 1.82) is 0 Å². The molecule has 3 rings (SSSR count). The molecule has 0 saturated carbocycles. The maximum Gasteiger partial charge on any atom is 0.258 e. The number of hydrogen-bond acceptors (Lipinski definition) is 4. The Kier molecular flexibility index (Phi) is 8.50. The standard InChI is InChI=1S/C26H36N2O3/c1-19(2)21-5-7-23(8-6-21)25(28-13-15-30-16-14-28)17-27-26(29)18-31-24-11-9-22(10-12-24)20(3)4/h5-12,19-20,25H,13-18H2,1-4H3,(H,27,29)/t25-/m1/s1. The van der Waals surface area contributed by atoms with Gasteiger partial charge in [0.15, 0.2) is 6.61 Å². The third-order valence-corrected chi connectivity index (χ3v) is 5.88. The average Bonchev–Trinajstić information content (AvgIpc) is 2.79. The highest BCUT2D eigenvalue weighted by Crippen LogP contribution is 2.24. The van der Waals surface area contributed by atoms with Gasteiger partial charge in [0.1, 0.15) is 5.75 Å². The van der Waals surface area contributed by atoms with Gasteiger partial charge in [-0.3, -0.25) is 9.69 Å². The van der Waals surface area contributed by atoms with E-state index in [0.29, 0.717) is 24.1 Å². The highest BCUT2D eigenvalue weighted by molar-refractivity contribution is 5.77. The molecule has 1 fully saturated rings. The Labute approximate surface area is 186 Å². The Morgan fingerprint density at radius 2 is 1.42 bits per heavy atom. The Morgan fingerprint density at radius 3 is 1.97 bits per heavy atom. The monoisotopic (exact) mass is 424 g/mol. The summed E-state index contributed by atoms with van der Waals surface area (Å²) in [5, 5.41) is 3.07. The lowest BCUT2D eigenvalue weighted by Gasteiger charge is -2.35. The molecule has 0 unspecified atom stereocenters. The fraction of sp³-hybridized carbons (Fsp3) is 0.500. The number of rotatable bonds is 9. The summed E-state index contributed by atoms with van der Waals surface area (Å²) < 4.78 is 11.2. The summed E-state index contributed by atoms with van der Waals surface area (Å²) in [7, 11) is 0. The van der Waals surface area contributed by atoms with Crippen molar-refractivity contribution >= 4 is 5.91 Å². The lowest BCUT2D eigenvalue weighted by Crippen LogP contribution is -2.44. The molecular weight excluding hydrogens is 388 g/mol. The third kappa shape index (κ3) is 6.81. The largest absolute Gasteiger partial charge is 0.484 e. The Bertz CT molecular complexity index is 810. The van der Waals surface area contributed by atoms with E-state index < -0.39 is 0 Å². The predicted octanol–water partition coefficient (Wildman–Crippen LogP) is 4.50. The molecule has 2 aromatic carbocycles. The van der Waals surface area contributed by atoms with Crippen LogP contribution in [0.1, 0.15) is 62.3 Å². The summed E-state index contributed by atoms with van der Waals surface area (Å²) in [5.41, 5.74) is 3.80. The van der Waals surface area contributed by atoms with Gasteiger partial charge in [0, 0.05) is 19.6 Å². The van der Waals surface area contributed by atoms with E-state index in [4.69, 9.17) is 9.47 Å². The van der Waals surface area contributed by atoms with Gasteiger partial charge >= 0.3 is 0 Å². The van der Waals surface area contributed by atoms with Crippen LogP contribution in [0, 0.1) is 0 Å². The molecule has 1 atom stereocenters. The van der Waals surface area contributed by atoms with Gasteiger partial charge in [0.25, 0.3) is 5.91 Å². The van der Waals surface area contributed by atoms with Crippen LogP contribution in [0.5, 0.6) is 5.75 Å². The van der Waals surface area contributed by atoms with Crippen molar-refractivity contribution in [3.63, 3.8) is 0 Å². The lowest BCUT2D eigenvalue weighted by atomic mass is 9.98. The molecule has 5 nitrogen and oxygen atoms in total. The second kappa shape index (κ2) is 11.3. The first-order chi connectivity index (χ1) is 14.9. The number of ether oxygens (including phenoxy) is 2. The van der Waals surface area contributed by atoms with E-state index in [-0.39, 0.29) is 18.6 Å². The maximum absolute atomic E-state index is 12.5. The zero-order chi connectivity index (χ0) is 22.2. The quantitative estimate of drug-likeness (QED) is 0.644. The number of benzene rings is 2. The number of amides is 1. The minimum absolute atomic E-state index is 0.0170. The van der Waals surface area contributed by atoms with E-state index in [0.717, 1.165) is 26.3 Å². The summed E-state index contributed by atoms with van der Waals surface area (Å²) >= 11 is 0. The minimum atomic E-state index is -0.106. The fourth-order valence-electron chi connectivity index (χ4n) is 3.81. The van der Waals surface area contributed by atoms with Crippen molar-refractivity contribution in [3.8, 4) is 5.75 Å². The maximum atomic E-state index is 12.5. The first-order valence-corrected chi connectivity index (χ1v) is 11.3. The molecule has 0 spiro atoms. The number of nitrogens with one attached hydrogen (secondary N) is 1. The molecule has 0 radical (unpaired) electrons. The Balaban J connectivity index is 1.58. The van der Waals surface area contributed by atoms with Crippen LogP contribution in [0.4, 0.5) is 0 Å². The van der Waals surface area contributed by atoms with Crippen molar-refractivity contribution in [1.82, 2.24) is 10.2 Å². The van der Waals surface area contributed by atoms with Gasteiger partial charge in [-0.05, 0) is 40.7 Å². The molecule has 5 heteroatoms. The lowest BCUT2D eigenvalue weighted by molar-refractivity contribution is -0.123. The van der Waals surface area contributed by atoms with Gasteiger partial charge in [-0.2, -0.15) is 0 Å². The van der Waals surface area contributed by atoms with Gasteiger partial charge in [0.2, 0.25) is 0 Å². The fourth-order valence-corrected chi connectivity index (χ4v) is 3.81. The predicted molar refractivity (Wildman–Crippen MR) is 125 cm³/mol. The number of carbonyl (C=O) groups excluding carboxylic acids is 1. The number of morpholine rings is 1. The summed E-state index contributed by atoms with van der Waals surface area (Å²) in [5.74, 6) is 1.59. The SMILES string of the molecule is CC(C)c1ccc(OCC(=O)NC[C@H](c2ccc(C(C)C)cc2)N2CCOCC2)cc1. The van der Waals surface area contributed by atoms with Crippen molar-refractivity contribution in [2.75, 3.05) is 39.5 Å². The van der Waals surface area contributed by atoms with E-state index in [9.17, 15) is 4.79 Å². The summed E-state index contributed by atoms with van der Waals surface area (Å²) in [6.45, 7) is 12.5. The van der Waals surface area contributed by atoms with E-state index in [1.165, 1.54) is 16.7 Å². The van der Waals surface area contributed by atoms with Crippen LogP contribution in [0.15, 0.2) is 48.5 Å². The Hall–Kier alpha value is -2.37. The molecular formula is C26H36N2O3. The molecule has 1 aliphatic rings. The molecule has 31 heavy (non-hydrogen) atoms. The molecule has 2 aromatic rings.